The molecule has 0 aliphatic carbocycles. The maximum Gasteiger partial charge on any atom is 0.102 e. The van der Waals surface area contributed by atoms with E-state index in [1.807, 2.05) is 37.4 Å². The third kappa shape index (κ3) is 2.69. The van der Waals surface area contributed by atoms with Crippen LogP contribution in [0.2, 0.25) is 0 Å². The normalized spacial score (nSPS) is 12.6. The van der Waals surface area contributed by atoms with Gasteiger partial charge in [-0.3, -0.25) is 0 Å². The molecule has 0 aliphatic heterocycles. The van der Waals surface area contributed by atoms with Gasteiger partial charge in [-0.1, -0.05) is 18.2 Å². The number of rotatable bonds is 5. The molecule has 2 rings (SSSR count). The first-order valence-electron chi connectivity index (χ1n) is 5.49. The summed E-state index contributed by atoms with van der Waals surface area (Å²) in [4.78, 5) is 1.62. The van der Waals surface area contributed by atoms with Crippen LogP contribution in [-0.2, 0) is 4.74 Å². The average Bonchev–Trinajstić information content (AvgIpc) is 2.86. The Labute approximate surface area is 100 Å². The summed E-state index contributed by atoms with van der Waals surface area (Å²) in [5.74, 6) is 0. The minimum absolute atomic E-state index is 0.0671. The summed E-state index contributed by atoms with van der Waals surface area (Å²) in [5, 5.41) is 11.8. The minimum Gasteiger partial charge on any atom is -0.383 e. The number of para-hydroxylation sites is 1. The highest BCUT2D eigenvalue weighted by atomic mass is 16.5. The molecule has 0 radical (unpaired) electrons. The SMILES string of the molecule is CNC(COC)c1cnn(-c2ccccc2)n1. The predicted molar refractivity (Wildman–Crippen MR) is 65.0 cm³/mol. The fourth-order valence-corrected chi connectivity index (χ4v) is 1.60. The molecule has 0 bridgehead atoms. The summed E-state index contributed by atoms with van der Waals surface area (Å²) < 4.78 is 5.12. The van der Waals surface area contributed by atoms with Crippen molar-refractivity contribution in [3.8, 4) is 5.69 Å². The molecule has 17 heavy (non-hydrogen) atoms. The maximum atomic E-state index is 5.12. The second-order valence-corrected chi connectivity index (χ2v) is 3.69. The Hall–Kier alpha value is -1.72. The number of hydrogen-bond acceptors (Lipinski definition) is 4. The summed E-state index contributed by atoms with van der Waals surface area (Å²) in [6, 6.07) is 9.89. The maximum absolute atomic E-state index is 5.12. The molecule has 1 aromatic heterocycles. The van der Waals surface area contributed by atoms with Crippen molar-refractivity contribution in [1.82, 2.24) is 20.3 Å². The van der Waals surface area contributed by atoms with Gasteiger partial charge in [-0.2, -0.15) is 15.0 Å². The zero-order chi connectivity index (χ0) is 12.1. The van der Waals surface area contributed by atoms with Gasteiger partial charge < -0.3 is 10.1 Å². The molecule has 0 aliphatic rings. The van der Waals surface area contributed by atoms with Crippen molar-refractivity contribution < 1.29 is 4.74 Å². The topological polar surface area (TPSA) is 52.0 Å². The number of nitrogens with one attached hydrogen (secondary N) is 1. The van der Waals surface area contributed by atoms with E-state index in [0.29, 0.717) is 6.61 Å². The zero-order valence-electron chi connectivity index (χ0n) is 10.00. The van der Waals surface area contributed by atoms with Crippen LogP contribution < -0.4 is 5.32 Å². The fourth-order valence-electron chi connectivity index (χ4n) is 1.60. The van der Waals surface area contributed by atoms with Crippen molar-refractivity contribution in [3.63, 3.8) is 0 Å². The first-order chi connectivity index (χ1) is 8.35. The zero-order valence-corrected chi connectivity index (χ0v) is 10.00. The number of benzene rings is 1. The summed E-state index contributed by atoms with van der Waals surface area (Å²) in [7, 11) is 3.55. The molecule has 1 atom stereocenters. The molecule has 0 saturated carbocycles. The van der Waals surface area contributed by atoms with Crippen LogP contribution in [0.25, 0.3) is 5.69 Å². The number of aromatic nitrogens is 3. The standard InChI is InChI=1S/C12H16N4O/c1-13-12(9-17-2)11-8-14-16(15-11)10-6-4-3-5-7-10/h3-8,12-13H,9H2,1-2H3. The van der Waals surface area contributed by atoms with E-state index in [2.05, 4.69) is 15.5 Å². The average molecular weight is 232 g/mol. The number of nitrogens with zero attached hydrogens (tertiary/aromatic N) is 3. The van der Waals surface area contributed by atoms with Crippen LogP contribution in [0.1, 0.15) is 11.7 Å². The largest absolute Gasteiger partial charge is 0.383 e. The van der Waals surface area contributed by atoms with Crippen LogP contribution in [0.3, 0.4) is 0 Å². The molecule has 0 spiro atoms. The third-order valence-electron chi connectivity index (χ3n) is 2.54. The highest BCUT2D eigenvalue weighted by Crippen LogP contribution is 2.10. The molecule has 90 valence electrons. The monoisotopic (exact) mass is 232 g/mol. The first-order valence-corrected chi connectivity index (χ1v) is 5.49. The number of likely N-dealkylation sites (N-methyl/N-ethyl adjacent to an activating group) is 1. The molecule has 1 heterocycles. The van der Waals surface area contributed by atoms with Crippen LogP contribution >= 0.6 is 0 Å². The highest BCUT2D eigenvalue weighted by molar-refractivity contribution is 5.28. The molecule has 1 unspecified atom stereocenters. The van der Waals surface area contributed by atoms with Crippen molar-refractivity contribution in [2.24, 2.45) is 0 Å². The Morgan fingerprint density at radius 3 is 2.76 bits per heavy atom. The van der Waals surface area contributed by atoms with Gasteiger partial charge in [0.1, 0.15) is 5.69 Å². The highest BCUT2D eigenvalue weighted by Gasteiger charge is 2.13. The van der Waals surface area contributed by atoms with Gasteiger partial charge >= 0.3 is 0 Å². The summed E-state index contributed by atoms with van der Waals surface area (Å²) in [6.45, 7) is 0.573. The second-order valence-electron chi connectivity index (χ2n) is 3.69. The van der Waals surface area contributed by atoms with Crippen LogP contribution in [0.15, 0.2) is 36.5 Å². The van der Waals surface area contributed by atoms with Gasteiger partial charge in [-0.05, 0) is 19.2 Å². The lowest BCUT2D eigenvalue weighted by Gasteiger charge is -2.11. The molecule has 1 N–H and O–H groups in total. The second kappa shape index (κ2) is 5.56. The van der Waals surface area contributed by atoms with Crippen molar-refractivity contribution in [2.45, 2.75) is 6.04 Å². The van der Waals surface area contributed by atoms with Crippen molar-refractivity contribution >= 4 is 0 Å². The van der Waals surface area contributed by atoms with Crippen LogP contribution in [0, 0.1) is 0 Å². The van der Waals surface area contributed by atoms with Gasteiger partial charge in [0.25, 0.3) is 0 Å². The minimum atomic E-state index is 0.0671. The Balaban J connectivity index is 2.21. The summed E-state index contributed by atoms with van der Waals surface area (Å²) >= 11 is 0. The smallest absolute Gasteiger partial charge is 0.102 e. The quantitative estimate of drug-likeness (QED) is 0.841. The Morgan fingerprint density at radius 2 is 2.12 bits per heavy atom. The lowest BCUT2D eigenvalue weighted by molar-refractivity contribution is 0.168. The van der Waals surface area contributed by atoms with Gasteiger partial charge in [-0.15, -0.1) is 0 Å². The van der Waals surface area contributed by atoms with E-state index < -0.39 is 0 Å². The number of methoxy groups -OCH3 is 1. The molecule has 0 amide bonds. The van der Waals surface area contributed by atoms with E-state index in [-0.39, 0.29) is 6.04 Å². The molecule has 1 aromatic carbocycles. The summed E-state index contributed by atoms with van der Waals surface area (Å²) in [6.07, 6.45) is 1.76. The molecular formula is C12H16N4O. The van der Waals surface area contributed by atoms with E-state index in [1.54, 1.807) is 18.1 Å². The Kier molecular flexibility index (Phi) is 3.85. The first kappa shape index (κ1) is 11.8. The molecule has 5 heteroatoms. The number of hydrogen-bond donors (Lipinski definition) is 1. The van der Waals surface area contributed by atoms with Crippen molar-refractivity contribution in [3.05, 3.63) is 42.2 Å². The third-order valence-corrected chi connectivity index (χ3v) is 2.54. The molecule has 0 saturated heterocycles. The van der Waals surface area contributed by atoms with Crippen LogP contribution in [0.4, 0.5) is 0 Å². The molecule has 2 aromatic rings. The van der Waals surface area contributed by atoms with Gasteiger partial charge in [0, 0.05) is 7.11 Å². The Morgan fingerprint density at radius 1 is 1.35 bits per heavy atom. The van der Waals surface area contributed by atoms with E-state index in [4.69, 9.17) is 4.74 Å². The van der Waals surface area contributed by atoms with Crippen LogP contribution in [-0.4, -0.2) is 35.8 Å². The van der Waals surface area contributed by atoms with Crippen molar-refractivity contribution in [2.75, 3.05) is 20.8 Å². The summed E-state index contributed by atoms with van der Waals surface area (Å²) in [5.41, 5.74) is 1.82. The molecule has 5 nitrogen and oxygen atoms in total. The van der Waals surface area contributed by atoms with Crippen molar-refractivity contribution in [1.29, 1.82) is 0 Å². The van der Waals surface area contributed by atoms with Gasteiger partial charge in [0.15, 0.2) is 0 Å². The fraction of sp³-hybridized carbons (Fsp3) is 0.333. The van der Waals surface area contributed by atoms with Gasteiger partial charge in [-0.25, -0.2) is 0 Å². The Bertz CT molecular complexity index is 455. The van der Waals surface area contributed by atoms with E-state index in [1.165, 1.54) is 0 Å². The van der Waals surface area contributed by atoms with E-state index in [9.17, 15) is 0 Å². The lowest BCUT2D eigenvalue weighted by atomic mass is 10.2. The number of ether oxygens (including phenoxy) is 1. The van der Waals surface area contributed by atoms with Gasteiger partial charge in [0.05, 0.1) is 24.5 Å². The molecular weight excluding hydrogens is 216 g/mol. The van der Waals surface area contributed by atoms with E-state index >= 15 is 0 Å². The predicted octanol–water partition coefficient (Wildman–Crippen LogP) is 1.17. The lowest BCUT2D eigenvalue weighted by Crippen LogP contribution is -2.21. The van der Waals surface area contributed by atoms with Gasteiger partial charge in [0.2, 0.25) is 0 Å². The van der Waals surface area contributed by atoms with Crippen LogP contribution in [0.5, 0.6) is 0 Å². The molecule has 0 fully saturated rings. The van der Waals surface area contributed by atoms with E-state index in [0.717, 1.165) is 11.4 Å².